The van der Waals surface area contributed by atoms with Crippen LogP contribution in [-0.2, 0) is 24.0 Å². The fourth-order valence-corrected chi connectivity index (χ4v) is 8.39. The number of aromatic nitrogens is 3. The van der Waals surface area contributed by atoms with E-state index in [1.165, 1.54) is 18.6 Å². The number of nitrogens with one attached hydrogen (secondary N) is 4. The summed E-state index contributed by atoms with van der Waals surface area (Å²) in [6.45, 7) is 9.56. The Kier molecular flexibility index (Phi) is 13.5. The molecule has 1 aliphatic heterocycles. The smallest absolute Gasteiger partial charge is 0.290 e. The average Bonchev–Trinajstić information content (AvgIpc) is 3.77. The van der Waals surface area contributed by atoms with E-state index in [0.717, 1.165) is 56.9 Å². The highest BCUT2D eigenvalue weighted by Gasteiger charge is 2.52. The van der Waals surface area contributed by atoms with Crippen LogP contribution in [0.15, 0.2) is 43.1 Å². The van der Waals surface area contributed by atoms with Gasteiger partial charge in [0, 0.05) is 31.3 Å². The molecule has 0 bridgehead atoms. The second-order valence-electron chi connectivity index (χ2n) is 16.2. The minimum Gasteiger partial charge on any atom is -0.344 e. The molecule has 292 valence electrons. The lowest BCUT2D eigenvalue weighted by Gasteiger charge is -2.38. The number of Topliss-reactive ketones (excluding diaryl/α,β-unsaturated/α-hetero) is 1. The maximum atomic E-state index is 14.7. The van der Waals surface area contributed by atoms with Crippen LogP contribution in [0.1, 0.15) is 121 Å². The molecule has 5 rings (SSSR count). The maximum absolute atomic E-state index is 14.7. The quantitative estimate of drug-likeness (QED) is 0.210. The van der Waals surface area contributed by atoms with E-state index in [1.807, 2.05) is 27.7 Å². The van der Waals surface area contributed by atoms with Gasteiger partial charge in [0.05, 0.1) is 18.3 Å². The second kappa shape index (κ2) is 18.1. The molecule has 54 heavy (non-hydrogen) atoms. The molecule has 0 unspecified atom stereocenters. The molecule has 3 heterocycles. The topological polar surface area (TPSA) is 192 Å². The van der Waals surface area contributed by atoms with Crippen molar-refractivity contribution in [1.29, 1.82) is 0 Å². The van der Waals surface area contributed by atoms with Crippen LogP contribution in [-0.4, -0.2) is 85.9 Å². The minimum absolute atomic E-state index is 0.0899. The standard InChI is InChI=1S/C40H56N8O6/c1-6-11-29(33(49)38(53)44-24(2)25-16-18-41-19-17-25)45-37(52)32-28-15-10-14-27(28)23-48(32)39(54)34(40(3,4)5)47-36(51)31(26-12-8-7-9-13-26)46-35(50)30-22-42-20-21-43-30/h16-22,24,26-29,31-32,34H,6-15,23H2,1-5H3,(H,44,53)(H,45,52)(H,46,50)(H,47,51)/t24-,27-,28-,29-,31-,32-,34+/m0/s1. The molecule has 3 fully saturated rings. The number of hydrogen-bond donors (Lipinski definition) is 4. The average molecular weight is 745 g/mol. The van der Waals surface area contributed by atoms with Gasteiger partial charge in [-0.1, -0.05) is 59.8 Å². The number of amides is 5. The van der Waals surface area contributed by atoms with Gasteiger partial charge in [0.15, 0.2) is 0 Å². The SMILES string of the molecule is CCC[C@H](NC(=O)[C@@H]1[C@H]2CCC[C@H]2CN1C(=O)[C@@H](NC(=O)[C@@H](NC(=O)c1cnccn1)C1CCCCC1)C(C)(C)C)C(=O)C(=O)N[C@@H](C)c1ccncc1. The van der Waals surface area contributed by atoms with Gasteiger partial charge in [-0.3, -0.25) is 38.7 Å². The van der Waals surface area contributed by atoms with Crippen molar-refractivity contribution in [3.8, 4) is 0 Å². The number of rotatable bonds is 14. The van der Waals surface area contributed by atoms with Crippen LogP contribution in [0.4, 0.5) is 0 Å². The van der Waals surface area contributed by atoms with E-state index in [4.69, 9.17) is 0 Å². The van der Waals surface area contributed by atoms with E-state index in [2.05, 4.69) is 36.2 Å². The number of carbonyl (C=O) groups is 6. The van der Waals surface area contributed by atoms with Gasteiger partial charge in [0.25, 0.3) is 11.8 Å². The van der Waals surface area contributed by atoms with Crippen LogP contribution in [0.3, 0.4) is 0 Å². The molecule has 2 aromatic heterocycles. The van der Waals surface area contributed by atoms with Crippen molar-refractivity contribution >= 4 is 35.3 Å². The molecule has 7 atom stereocenters. The van der Waals surface area contributed by atoms with Crippen molar-refractivity contribution < 1.29 is 28.8 Å². The van der Waals surface area contributed by atoms with E-state index >= 15 is 0 Å². The lowest BCUT2D eigenvalue weighted by molar-refractivity contribution is -0.146. The molecule has 0 spiro atoms. The largest absolute Gasteiger partial charge is 0.344 e. The first kappa shape index (κ1) is 40.4. The number of ketones is 1. The molecule has 14 nitrogen and oxygen atoms in total. The third-order valence-corrected chi connectivity index (χ3v) is 11.3. The van der Waals surface area contributed by atoms with Gasteiger partial charge in [-0.25, -0.2) is 4.98 Å². The summed E-state index contributed by atoms with van der Waals surface area (Å²) in [5, 5.41) is 11.5. The fourth-order valence-electron chi connectivity index (χ4n) is 8.39. The highest BCUT2D eigenvalue weighted by atomic mass is 16.2. The maximum Gasteiger partial charge on any atom is 0.290 e. The molecular formula is C40H56N8O6. The van der Waals surface area contributed by atoms with E-state index in [9.17, 15) is 28.8 Å². The Labute approximate surface area is 317 Å². The zero-order chi connectivity index (χ0) is 39.0. The first-order valence-electron chi connectivity index (χ1n) is 19.5. The summed E-state index contributed by atoms with van der Waals surface area (Å²) in [5.41, 5.74) is 0.114. The molecule has 2 aromatic rings. The van der Waals surface area contributed by atoms with Crippen LogP contribution >= 0.6 is 0 Å². The van der Waals surface area contributed by atoms with Gasteiger partial charge < -0.3 is 26.2 Å². The molecule has 4 N–H and O–H groups in total. The molecule has 5 amide bonds. The van der Waals surface area contributed by atoms with Crippen LogP contribution < -0.4 is 21.3 Å². The summed E-state index contributed by atoms with van der Waals surface area (Å²) in [5.74, 6) is -3.56. The molecule has 2 aliphatic carbocycles. The predicted octanol–water partition coefficient (Wildman–Crippen LogP) is 3.44. The Morgan fingerprint density at radius 2 is 1.57 bits per heavy atom. The van der Waals surface area contributed by atoms with Crippen molar-refractivity contribution in [2.24, 2.45) is 23.2 Å². The Morgan fingerprint density at radius 1 is 0.852 bits per heavy atom. The van der Waals surface area contributed by atoms with Gasteiger partial charge in [-0.2, -0.15) is 0 Å². The van der Waals surface area contributed by atoms with E-state index in [1.54, 1.807) is 36.4 Å². The van der Waals surface area contributed by atoms with E-state index in [-0.39, 0.29) is 29.9 Å². The second-order valence-corrected chi connectivity index (χ2v) is 16.2. The molecule has 14 heteroatoms. The van der Waals surface area contributed by atoms with Gasteiger partial charge in [0.2, 0.25) is 23.5 Å². The normalized spacial score (nSPS) is 22.2. The fraction of sp³-hybridized carbons (Fsp3) is 0.625. The lowest BCUT2D eigenvalue weighted by Crippen LogP contribution is -2.62. The molecule has 1 saturated heterocycles. The first-order chi connectivity index (χ1) is 25.8. The number of pyridine rings is 1. The van der Waals surface area contributed by atoms with Crippen molar-refractivity contribution in [2.75, 3.05) is 6.54 Å². The van der Waals surface area contributed by atoms with Gasteiger partial charge in [-0.15, -0.1) is 0 Å². The van der Waals surface area contributed by atoms with E-state index in [0.29, 0.717) is 13.0 Å². The summed E-state index contributed by atoms with van der Waals surface area (Å²) in [7, 11) is 0. The third kappa shape index (κ3) is 9.67. The third-order valence-electron chi connectivity index (χ3n) is 11.3. The van der Waals surface area contributed by atoms with Crippen molar-refractivity contribution in [3.63, 3.8) is 0 Å². The van der Waals surface area contributed by atoms with E-state index < -0.39 is 70.9 Å². The molecule has 0 aromatic carbocycles. The lowest BCUT2D eigenvalue weighted by atomic mass is 9.82. The van der Waals surface area contributed by atoms with Crippen LogP contribution in [0, 0.1) is 23.2 Å². The highest BCUT2D eigenvalue weighted by molar-refractivity contribution is 6.38. The highest BCUT2D eigenvalue weighted by Crippen LogP contribution is 2.43. The van der Waals surface area contributed by atoms with Crippen LogP contribution in [0.5, 0.6) is 0 Å². The van der Waals surface area contributed by atoms with Crippen molar-refractivity contribution in [2.45, 2.75) is 129 Å². The van der Waals surface area contributed by atoms with Gasteiger partial charge in [-0.05, 0) is 79.9 Å². The zero-order valence-corrected chi connectivity index (χ0v) is 32.2. The number of nitrogens with zero attached hydrogens (tertiary/aromatic N) is 4. The molecule has 3 aliphatic rings. The number of likely N-dealkylation sites (tertiary alicyclic amines) is 1. The Bertz CT molecular complexity index is 1640. The van der Waals surface area contributed by atoms with Crippen LogP contribution in [0.25, 0.3) is 0 Å². The minimum atomic E-state index is -1.07. The predicted molar refractivity (Wildman–Crippen MR) is 200 cm³/mol. The number of fused-ring (bicyclic) bond motifs is 1. The Balaban J connectivity index is 1.34. The molecule has 0 radical (unpaired) electrons. The summed E-state index contributed by atoms with van der Waals surface area (Å²) in [4.78, 5) is 96.8. The summed E-state index contributed by atoms with van der Waals surface area (Å²) in [6, 6.07) is -0.810. The zero-order valence-electron chi connectivity index (χ0n) is 32.2. The summed E-state index contributed by atoms with van der Waals surface area (Å²) < 4.78 is 0. The van der Waals surface area contributed by atoms with Gasteiger partial charge in [0.1, 0.15) is 23.8 Å². The first-order valence-corrected chi connectivity index (χ1v) is 19.5. The molecule has 2 saturated carbocycles. The molecular weight excluding hydrogens is 688 g/mol. The summed E-state index contributed by atoms with van der Waals surface area (Å²) >= 11 is 0. The number of hydrogen-bond acceptors (Lipinski definition) is 9. The van der Waals surface area contributed by atoms with Crippen molar-refractivity contribution in [3.05, 3.63) is 54.4 Å². The van der Waals surface area contributed by atoms with Gasteiger partial charge >= 0.3 is 0 Å². The monoisotopic (exact) mass is 744 g/mol. The summed E-state index contributed by atoms with van der Waals surface area (Å²) in [6.07, 6.45) is 15.2. The number of carbonyl (C=O) groups excluding carboxylic acids is 6. The Hall–Kier alpha value is -4.75. The van der Waals surface area contributed by atoms with Crippen molar-refractivity contribution in [1.82, 2.24) is 41.1 Å². The van der Waals surface area contributed by atoms with Crippen LogP contribution in [0.2, 0.25) is 0 Å². The Morgan fingerprint density at radius 3 is 2.22 bits per heavy atom.